The normalized spacial score (nSPS) is 20.9. The van der Waals surface area contributed by atoms with Gasteiger partial charge in [0.2, 0.25) is 0 Å². The first-order chi connectivity index (χ1) is 9.23. The van der Waals surface area contributed by atoms with Gasteiger partial charge in [0.05, 0.1) is 5.75 Å². The van der Waals surface area contributed by atoms with Gasteiger partial charge in [0.15, 0.2) is 11.1 Å². The molecule has 0 spiro atoms. The van der Waals surface area contributed by atoms with Crippen LogP contribution in [0.15, 0.2) is 0 Å². The summed E-state index contributed by atoms with van der Waals surface area (Å²) in [6.07, 6.45) is 0. The maximum atomic E-state index is 10.6. The Labute approximate surface area is 131 Å². The van der Waals surface area contributed by atoms with Crippen LogP contribution in [0.2, 0.25) is 0 Å². The average Bonchev–Trinajstić information content (AvgIpc) is 2.32. The van der Waals surface area contributed by atoms with E-state index in [0.717, 1.165) is 0 Å². The van der Waals surface area contributed by atoms with E-state index in [4.69, 9.17) is 27.5 Å². The van der Waals surface area contributed by atoms with Crippen molar-refractivity contribution in [1.82, 2.24) is 0 Å². The largest absolute Gasteiger partial charge is 0.772 e. The van der Waals surface area contributed by atoms with Crippen molar-refractivity contribution in [2.45, 2.75) is 24.2 Å². The maximum absolute atomic E-state index is 10.6. The van der Waals surface area contributed by atoms with Crippen molar-refractivity contribution in [3.05, 3.63) is 0 Å². The van der Waals surface area contributed by atoms with E-state index in [-0.39, 0.29) is 11.5 Å². The van der Waals surface area contributed by atoms with E-state index in [9.17, 15) is 13.0 Å². The summed E-state index contributed by atoms with van der Waals surface area (Å²) >= 11 is -4.16. The Bertz CT molecular complexity index is 295. The smallest absolute Gasteiger partial charge is 0.154 e. The Morgan fingerprint density at radius 2 is 1.30 bits per heavy atom. The number of hydrogen-bond donors (Lipinski definition) is 5. The first-order valence-corrected chi connectivity index (χ1v) is 10.6. The van der Waals surface area contributed by atoms with E-state index in [1.54, 1.807) is 0 Å². The third-order valence-electron chi connectivity index (χ3n) is 2.37. The summed E-state index contributed by atoms with van der Waals surface area (Å²) in [5, 5.41) is 0. The third kappa shape index (κ3) is 10.5. The summed E-state index contributed by atoms with van der Waals surface area (Å²) in [7, 11) is 2.84. The Morgan fingerprint density at radius 1 is 0.900 bits per heavy atom. The van der Waals surface area contributed by atoms with Crippen LogP contribution >= 0.6 is 21.6 Å². The van der Waals surface area contributed by atoms with Gasteiger partial charge in [-0.1, -0.05) is 32.7 Å². The minimum Gasteiger partial charge on any atom is -0.772 e. The van der Waals surface area contributed by atoms with Crippen LogP contribution < -0.4 is 22.9 Å². The van der Waals surface area contributed by atoms with Gasteiger partial charge < -0.3 is 32.0 Å². The zero-order valence-electron chi connectivity index (χ0n) is 10.8. The lowest BCUT2D eigenvalue weighted by Gasteiger charge is -2.21. The van der Waals surface area contributed by atoms with Crippen molar-refractivity contribution in [2.75, 3.05) is 23.0 Å². The van der Waals surface area contributed by atoms with Crippen LogP contribution in [0.1, 0.15) is 0 Å². The van der Waals surface area contributed by atoms with Crippen LogP contribution in [0.3, 0.4) is 0 Å². The summed E-state index contributed by atoms with van der Waals surface area (Å²) in [6, 6.07) is -1.98. The molecule has 0 aromatic rings. The lowest BCUT2D eigenvalue weighted by atomic mass is 10.2. The van der Waals surface area contributed by atoms with Crippen LogP contribution in [0, 0.1) is 0 Å². The molecule has 20 heavy (non-hydrogen) atoms. The predicted molar refractivity (Wildman–Crippen MR) is 86.2 cm³/mol. The molecule has 0 aromatic carbocycles. The van der Waals surface area contributed by atoms with Crippen molar-refractivity contribution in [1.29, 1.82) is 0 Å². The molecule has 0 aromatic heterocycles. The van der Waals surface area contributed by atoms with Gasteiger partial charge in [-0.05, 0) is 0 Å². The molecule has 0 radical (unpaired) electrons. The summed E-state index contributed by atoms with van der Waals surface area (Å²) in [5.74, 6) is 0.751. The fraction of sp³-hybridized carbons (Fsp3) is 1.00. The minimum atomic E-state index is -2.20. The molecule has 0 bridgehead atoms. The molecule has 0 amide bonds. The fourth-order valence-corrected chi connectivity index (χ4v) is 4.73. The molecule has 122 valence electrons. The van der Waals surface area contributed by atoms with Gasteiger partial charge in [0, 0.05) is 41.4 Å². The van der Waals surface area contributed by atoms with Crippen molar-refractivity contribution in [2.24, 2.45) is 22.9 Å². The fourth-order valence-electron chi connectivity index (χ4n) is 1.07. The molecule has 12 heteroatoms. The second-order valence-electron chi connectivity index (χ2n) is 4.18. The summed E-state index contributed by atoms with van der Waals surface area (Å²) in [5.41, 5.74) is 22.8. The van der Waals surface area contributed by atoms with Gasteiger partial charge in [0.25, 0.3) is 0 Å². The van der Waals surface area contributed by atoms with E-state index in [1.165, 1.54) is 21.6 Å². The molecule has 0 saturated carbocycles. The highest BCUT2D eigenvalue weighted by Gasteiger charge is 2.17. The van der Waals surface area contributed by atoms with Gasteiger partial charge in [-0.25, -0.2) is 4.21 Å². The Morgan fingerprint density at radius 3 is 1.65 bits per heavy atom. The highest BCUT2D eigenvalue weighted by Crippen LogP contribution is 2.23. The van der Waals surface area contributed by atoms with Gasteiger partial charge >= 0.3 is 0 Å². The van der Waals surface area contributed by atoms with E-state index >= 15 is 0 Å². The molecule has 0 aliphatic carbocycles. The van der Waals surface area contributed by atoms with Crippen LogP contribution in [-0.2, 0) is 22.2 Å². The van der Waals surface area contributed by atoms with Crippen LogP contribution in [0.4, 0.5) is 0 Å². The first-order valence-electron chi connectivity index (χ1n) is 5.64. The highest BCUT2D eigenvalue weighted by atomic mass is 33.1. The molecule has 6 atom stereocenters. The molecule has 0 rings (SSSR count). The summed E-state index contributed by atoms with van der Waals surface area (Å²) in [4.78, 5) is 0. The lowest BCUT2D eigenvalue weighted by Crippen LogP contribution is -2.47. The monoisotopic (exact) mass is 365 g/mol. The average molecular weight is 366 g/mol. The second-order valence-corrected chi connectivity index (χ2v) is 8.65. The van der Waals surface area contributed by atoms with Crippen molar-refractivity contribution < 1.29 is 17.5 Å². The number of rotatable bonds is 11. The summed E-state index contributed by atoms with van der Waals surface area (Å²) in [6.45, 7) is 0. The molecule has 8 nitrogen and oxygen atoms in total. The molecule has 0 fully saturated rings. The van der Waals surface area contributed by atoms with E-state index in [0.29, 0.717) is 11.5 Å². The third-order valence-corrected chi connectivity index (χ3v) is 6.22. The van der Waals surface area contributed by atoms with Gasteiger partial charge in [-0.2, -0.15) is 0 Å². The molecule has 0 aliphatic heterocycles. The molecule has 0 heterocycles. The zero-order valence-corrected chi connectivity index (χ0v) is 14.0. The molecular weight excluding hydrogens is 344 g/mol. The van der Waals surface area contributed by atoms with Gasteiger partial charge in [-0.3, -0.25) is 4.21 Å². The number of hydrogen-bond acceptors (Lipinski definition) is 9. The van der Waals surface area contributed by atoms with Gasteiger partial charge in [-0.15, -0.1) is 0 Å². The molecule has 9 N–H and O–H groups in total. The molecular formula is C8H21N4O4S4-. The van der Waals surface area contributed by atoms with Crippen LogP contribution in [0.5, 0.6) is 0 Å². The Hall–Kier alpha value is 0.760. The van der Waals surface area contributed by atoms with Crippen molar-refractivity contribution in [3.8, 4) is 0 Å². The quantitative estimate of drug-likeness (QED) is 0.153. The SMILES string of the molecule is N[C@@H](CSSC[C@H](N)[C@@H](N)CS(=O)O)[C@@H](N)CS(=O)[O-]. The molecule has 0 aliphatic rings. The highest BCUT2D eigenvalue weighted by molar-refractivity contribution is 8.76. The van der Waals surface area contributed by atoms with Crippen LogP contribution in [0.25, 0.3) is 0 Å². The standard InChI is InChI=1S/C8H22N4O4S4/c9-5(7(11)3-19(13)14)1-17-18-2-6(10)8(12)4-20(15)16/h5-8H,1-4,9-12H2,(H,13,14)(H,15,16)/p-1/t5-,6-,7-,8-/m0/s1. The lowest BCUT2D eigenvalue weighted by molar-refractivity contribution is 0.519. The number of nitrogens with two attached hydrogens (primary N) is 4. The van der Waals surface area contributed by atoms with E-state index in [2.05, 4.69) is 0 Å². The predicted octanol–water partition coefficient (Wildman–Crippen LogP) is -2.22. The second kappa shape index (κ2) is 11.3. The van der Waals surface area contributed by atoms with E-state index in [1.807, 2.05) is 0 Å². The topological polar surface area (TPSA) is 182 Å². The van der Waals surface area contributed by atoms with Crippen molar-refractivity contribution in [3.63, 3.8) is 0 Å². The Kier molecular flexibility index (Phi) is 11.8. The summed E-state index contributed by atoms with van der Waals surface area (Å²) < 4.78 is 40.2. The molecule has 0 saturated heterocycles. The van der Waals surface area contributed by atoms with Crippen molar-refractivity contribution >= 4 is 43.7 Å². The first kappa shape index (κ1) is 20.8. The van der Waals surface area contributed by atoms with E-state index < -0.39 is 46.3 Å². The Balaban J connectivity index is 3.79. The zero-order chi connectivity index (χ0) is 15.7. The minimum absolute atomic E-state index is 0.0634. The van der Waals surface area contributed by atoms with Crippen LogP contribution in [-0.4, -0.2) is 64.7 Å². The maximum Gasteiger partial charge on any atom is 0.154 e. The van der Waals surface area contributed by atoms with Gasteiger partial charge in [0.1, 0.15) is 0 Å². The molecule has 2 unspecified atom stereocenters.